The summed E-state index contributed by atoms with van der Waals surface area (Å²) in [7, 11) is 0. The van der Waals surface area contributed by atoms with Crippen LogP contribution >= 0.6 is 0 Å². The topological polar surface area (TPSA) is 188 Å². The molecule has 6 aliphatic rings. The molecule has 0 radical (unpaired) electrons. The first kappa shape index (κ1) is 45.0. The summed E-state index contributed by atoms with van der Waals surface area (Å²) in [5.74, 6) is -0.343. The third-order valence-corrected chi connectivity index (χ3v) is 14.2. The Morgan fingerprint density at radius 3 is 1.36 bits per heavy atom. The minimum atomic E-state index is -0.494. The molecular weight excluding hydrogens is 907 g/mol. The Morgan fingerprint density at radius 2 is 1.01 bits per heavy atom. The Labute approximate surface area is 400 Å². The van der Waals surface area contributed by atoms with E-state index >= 15 is 0 Å². The Hall–Kier alpha value is -7.42. The lowest BCUT2D eigenvalue weighted by atomic mass is 9.84. The van der Waals surface area contributed by atoms with Gasteiger partial charge >= 0.3 is 12.2 Å². The number of nitrogens with zero attached hydrogens (tertiary/aromatic N) is 8. The predicted molar refractivity (Wildman–Crippen MR) is 247 cm³/mol. The van der Waals surface area contributed by atoms with Gasteiger partial charge in [-0.15, -0.1) is 0 Å². The number of aromatic nitrogens is 6. The van der Waals surface area contributed by atoms with E-state index in [1.807, 2.05) is 13.8 Å². The van der Waals surface area contributed by atoms with Crippen molar-refractivity contribution in [3.05, 3.63) is 95.9 Å². The predicted octanol–water partition coefficient (Wildman–Crippen LogP) is 8.66. The van der Waals surface area contributed by atoms with Gasteiger partial charge in [0.15, 0.2) is 11.4 Å². The summed E-state index contributed by atoms with van der Waals surface area (Å²) in [5, 5.41) is 0. The highest BCUT2D eigenvalue weighted by atomic mass is 19.1. The lowest BCUT2D eigenvalue weighted by Gasteiger charge is -2.46. The summed E-state index contributed by atoms with van der Waals surface area (Å²) >= 11 is 0. The molecule has 2 aromatic carbocycles. The number of ether oxygens (including phenoxy) is 6. The molecule has 2 N–H and O–H groups in total. The number of fused-ring (bicyclic) bond motifs is 6. The Morgan fingerprint density at radius 1 is 0.629 bits per heavy atom. The van der Waals surface area contributed by atoms with Crippen LogP contribution < -0.4 is 9.47 Å². The fraction of sp³-hybridized carbons (Fsp3) is 0.440. The number of nitrogens with one attached hydrogen (secondary N) is 2. The molecule has 4 aromatic heterocycles. The Kier molecular flexibility index (Phi) is 11.5. The number of H-pyrrole nitrogens is 2. The quantitative estimate of drug-likeness (QED) is 0.139. The van der Waals surface area contributed by atoms with Gasteiger partial charge in [0, 0.05) is 84.5 Å². The molecule has 8 heterocycles. The maximum absolute atomic E-state index is 14.7. The van der Waals surface area contributed by atoms with Gasteiger partial charge in [-0.2, -0.15) is 9.97 Å². The van der Waals surface area contributed by atoms with Crippen LogP contribution in [0, 0.1) is 48.5 Å². The van der Waals surface area contributed by atoms with Crippen LogP contribution in [-0.4, -0.2) is 128 Å². The van der Waals surface area contributed by atoms with Crippen molar-refractivity contribution in [2.45, 2.75) is 62.9 Å². The SMILES string of the molecule is [C-]#[N+]c1ccc(-c2c[nH]c3c(OC4C5COCC4CN(C(=O)OC4(C)CC4)C5)ncnc23)c(F)c1.[C-]#[N+]c1ccc(-c2c[nH]c3c(OC4C5COCC4CN(C(=O)OC4(C)CC4)C5)ncnc23)c(F)c1. The molecule has 4 unspecified atom stereocenters. The van der Waals surface area contributed by atoms with Gasteiger partial charge in [0.2, 0.25) is 11.8 Å². The van der Waals surface area contributed by atoms with E-state index in [1.165, 1.54) is 24.8 Å². The van der Waals surface area contributed by atoms with Gasteiger partial charge in [-0.05, 0) is 51.7 Å². The number of amides is 2. The number of likely N-dealkylation sites (tertiary alicyclic amines) is 2. The van der Waals surface area contributed by atoms with Gasteiger partial charge in [0.25, 0.3) is 0 Å². The van der Waals surface area contributed by atoms with Crippen LogP contribution in [0.5, 0.6) is 11.8 Å². The summed E-state index contributed by atoms with van der Waals surface area (Å²) in [5.41, 5.74) is 3.86. The third-order valence-electron chi connectivity index (χ3n) is 14.2. The van der Waals surface area contributed by atoms with Crippen LogP contribution in [-0.2, 0) is 18.9 Å². The first-order valence-corrected chi connectivity index (χ1v) is 23.3. The van der Waals surface area contributed by atoms with Crippen molar-refractivity contribution in [3.63, 3.8) is 0 Å². The zero-order valence-electron chi connectivity index (χ0n) is 38.3. The number of aromatic amines is 2. The minimum absolute atomic E-state index is 0.0277. The molecule has 6 fully saturated rings. The fourth-order valence-electron chi connectivity index (χ4n) is 9.85. The lowest BCUT2D eigenvalue weighted by molar-refractivity contribution is -0.111. The third kappa shape index (κ3) is 8.77. The van der Waals surface area contributed by atoms with E-state index in [9.17, 15) is 18.4 Å². The second kappa shape index (κ2) is 17.8. The molecule has 18 nitrogen and oxygen atoms in total. The van der Waals surface area contributed by atoms with Crippen molar-refractivity contribution in [2.75, 3.05) is 52.6 Å². The summed E-state index contributed by atoms with van der Waals surface area (Å²) < 4.78 is 65.1. The van der Waals surface area contributed by atoms with E-state index in [-0.39, 0.29) is 70.6 Å². The number of carbonyl (C=O) groups is 2. The number of hydrogen-bond acceptors (Lipinski definition) is 12. The molecule has 20 heteroatoms. The van der Waals surface area contributed by atoms with Crippen LogP contribution in [0.4, 0.5) is 29.7 Å². The summed E-state index contributed by atoms with van der Waals surface area (Å²) in [6, 6.07) is 8.73. The zero-order valence-corrected chi connectivity index (χ0v) is 38.3. The second-order valence-electron chi connectivity index (χ2n) is 19.5. The zero-order chi connectivity index (χ0) is 48.3. The molecule has 2 saturated carbocycles. The molecule has 2 amide bonds. The molecule has 12 rings (SSSR count). The summed E-state index contributed by atoms with van der Waals surface area (Å²) in [6.07, 6.45) is 8.83. The molecule has 4 atom stereocenters. The van der Waals surface area contributed by atoms with Crippen molar-refractivity contribution < 1.29 is 46.8 Å². The van der Waals surface area contributed by atoms with E-state index in [1.54, 1.807) is 46.5 Å². The molecule has 4 saturated heterocycles. The molecule has 4 aliphatic heterocycles. The van der Waals surface area contributed by atoms with Gasteiger partial charge in [-0.1, -0.05) is 24.3 Å². The maximum atomic E-state index is 14.7. The van der Waals surface area contributed by atoms with Crippen LogP contribution in [0.25, 0.3) is 54.0 Å². The van der Waals surface area contributed by atoms with Crippen molar-refractivity contribution in [1.29, 1.82) is 0 Å². The van der Waals surface area contributed by atoms with Crippen molar-refractivity contribution in [3.8, 4) is 34.0 Å². The Bertz CT molecular complexity index is 2870. The number of rotatable bonds is 8. The highest BCUT2D eigenvalue weighted by Crippen LogP contribution is 2.43. The van der Waals surface area contributed by atoms with Gasteiger partial charge in [-0.3, -0.25) is 0 Å². The molecular formula is C50H48F2N10O8. The fourth-order valence-corrected chi connectivity index (χ4v) is 9.85. The van der Waals surface area contributed by atoms with Crippen LogP contribution in [0.3, 0.4) is 0 Å². The lowest BCUT2D eigenvalue weighted by Crippen LogP contribution is -2.59. The minimum Gasteiger partial charge on any atom is -0.472 e. The molecule has 6 aromatic rings. The highest BCUT2D eigenvalue weighted by Gasteiger charge is 2.49. The molecule has 2 aliphatic carbocycles. The largest absolute Gasteiger partial charge is 0.472 e. The second-order valence-corrected chi connectivity index (χ2v) is 19.5. The number of piperidine rings is 2. The van der Waals surface area contributed by atoms with Gasteiger partial charge in [0.1, 0.15) is 69.8 Å². The highest BCUT2D eigenvalue weighted by molar-refractivity contribution is 5.96. The summed E-state index contributed by atoms with van der Waals surface area (Å²) in [4.78, 5) is 59.1. The average molecular weight is 955 g/mol. The molecule has 4 bridgehead atoms. The number of hydrogen-bond donors (Lipinski definition) is 2. The first-order chi connectivity index (χ1) is 33.9. The van der Waals surface area contributed by atoms with E-state index in [4.69, 9.17) is 41.6 Å². The van der Waals surface area contributed by atoms with E-state index in [0.29, 0.717) is 109 Å². The monoisotopic (exact) mass is 954 g/mol. The summed E-state index contributed by atoms with van der Waals surface area (Å²) in [6.45, 7) is 21.9. The molecule has 360 valence electrons. The normalized spacial score (nSPS) is 24.6. The van der Waals surface area contributed by atoms with Gasteiger partial charge in [0.05, 0.1) is 39.6 Å². The van der Waals surface area contributed by atoms with Crippen LogP contribution in [0.15, 0.2) is 61.4 Å². The van der Waals surface area contributed by atoms with Gasteiger partial charge < -0.3 is 48.2 Å². The van der Waals surface area contributed by atoms with Gasteiger partial charge in [-0.25, -0.2) is 38.0 Å². The maximum Gasteiger partial charge on any atom is 0.410 e. The first-order valence-electron chi connectivity index (χ1n) is 23.3. The van der Waals surface area contributed by atoms with Crippen molar-refractivity contribution in [1.82, 2.24) is 39.7 Å². The van der Waals surface area contributed by atoms with Crippen LogP contribution in [0.1, 0.15) is 39.5 Å². The Balaban J connectivity index is 0.000000152. The molecule has 0 spiro atoms. The molecule has 70 heavy (non-hydrogen) atoms. The van der Waals surface area contributed by atoms with E-state index < -0.39 is 11.6 Å². The smallest absolute Gasteiger partial charge is 0.410 e. The van der Waals surface area contributed by atoms with Crippen molar-refractivity contribution in [2.24, 2.45) is 23.7 Å². The van der Waals surface area contributed by atoms with Crippen LogP contribution in [0.2, 0.25) is 0 Å². The number of benzene rings is 2. The number of carbonyl (C=O) groups excluding carboxylic acids is 2. The number of halogens is 2. The van der Waals surface area contributed by atoms with Crippen molar-refractivity contribution >= 4 is 45.6 Å². The van der Waals surface area contributed by atoms with E-state index in [0.717, 1.165) is 25.7 Å². The van der Waals surface area contributed by atoms with E-state index in [2.05, 4.69) is 39.6 Å². The average Bonchev–Trinajstić information content (AvgIpc) is 4.13. The standard InChI is InChI=1S/2C25H24FN5O4/c2*1-25(5-6-25)35-24(32)31-9-14-11-33-12-15(10-31)22(14)34-23-21-20(29-13-30-23)18(8-28-21)17-4-3-16(27-2)7-19(17)26/h2*3-4,7-8,13-15,22,28H,5-6,9-12H2,1H3.